The molecule has 0 saturated carbocycles. The van der Waals surface area contributed by atoms with E-state index in [-0.39, 0.29) is 18.2 Å². The number of anilines is 2. The van der Waals surface area contributed by atoms with Gasteiger partial charge in [0.1, 0.15) is 0 Å². The monoisotopic (exact) mass is 514 g/mol. The van der Waals surface area contributed by atoms with Gasteiger partial charge < -0.3 is 20.7 Å². The maximum atomic E-state index is 13.4. The van der Waals surface area contributed by atoms with Crippen molar-refractivity contribution in [3.8, 4) is 0 Å². The van der Waals surface area contributed by atoms with Gasteiger partial charge in [-0.3, -0.25) is 9.59 Å². The molecule has 1 amide bonds. The molecule has 1 unspecified atom stereocenters. The number of fused-ring (bicyclic) bond motifs is 1. The van der Waals surface area contributed by atoms with E-state index in [1.54, 1.807) is 5.01 Å². The summed E-state index contributed by atoms with van der Waals surface area (Å²) in [5.74, 6) is 4.85. The molecule has 0 saturated heterocycles. The van der Waals surface area contributed by atoms with Crippen LogP contribution >= 0.6 is 0 Å². The molecular weight excluding hydrogens is 476 g/mol. The van der Waals surface area contributed by atoms with Gasteiger partial charge in [0, 0.05) is 31.1 Å². The van der Waals surface area contributed by atoms with Crippen molar-refractivity contribution >= 4 is 23.3 Å². The van der Waals surface area contributed by atoms with Gasteiger partial charge in [-0.05, 0) is 104 Å². The van der Waals surface area contributed by atoms with Gasteiger partial charge in [-0.2, -0.15) is 0 Å². The van der Waals surface area contributed by atoms with E-state index < -0.39 is 5.97 Å². The number of aliphatic carboxylic acids is 1. The quantitative estimate of drug-likeness (QED) is 0.232. The highest BCUT2D eigenvalue weighted by Gasteiger charge is 2.26. The topological polar surface area (TPSA) is 113 Å². The summed E-state index contributed by atoms with van der Waals surface area (Å²) in [6.45, 7) is 11.7. The van der Waals surface area contributed by atoms with Gasteiger partial charge in [0.25, 0.3) is 5.91 Å². The molecular formula is C31H38N4O3. The van der Waals surface area contributed by atoms with Crippen molar-refractivity contribution in [1.29, 1.82) is 0 Å². The number of benzene rings is 3. The lowest BCUT2D eigenvalue weighted by Crippen LogP contribution is -2.36. The average Bonchev–Trinajstić information content (AvgIpc) is 2.90. The van der Waals surface area contributed by atoms with Crippen LogP contribution in [-0.2, 0) is 17.8 Å². The Labute approximate surface area is 225 Å². The Bertz CT molecular complexity index is 1380. The number of aryl methyl sites for hydroxylation is 2. The second kappa shape index (κ2) is 10.9. The lowest BCUT2D eigenvalue weighted by molar-refractivity contribution is -0.137. The van der Waals surface area contributed by atoms with E-state index in [9.17, 15) is 14.7 Å². The highest BCUT2D eigenvalue weighted by molar-refractivity contribution is 5.95. The number of carbonyl (C=O) groups is 2. The Balaban J connectivity index is 1.68. The van der Waals surface area contributed by atoms with Gasteiger partial charge >= 0.3 is 5.97 Å². The minimum absolute atomic E-state index is 0.0239. The number of nitrogen functional groups attached to an aromatic ring is 1. The number of nitrogens with two attached hydrogens (primary N) is 2. The van der Waals surface area contributed by atoms with Gasteiger partial charge in [0.05, 0.1) is 17.8 Å². The van der Waals surface area contributed by atoms with Crippen LogP contribution in [0.2, 0.25) is 0 Å². The number of carboxylic acid groups (broad SMARTS) is 1. The molecule has 0 aliphatic carbocycles. The molecule has 1 aliphatic rings. The van der Waals surface area contributed by atoms with Crippen LogP contribution in [0, 0.1) is 27.7 Å². The molecule has 0 radical (unpaired) electrons. The molecule has 1 heterocycles. The largest absolute Gasteiger partial charge is 0.481 e. The Hall–Kier alpha value is -3.84. The number of carbonyl (C=O) groups excluding carboxylic acids is 1. The number of amides is 1. The van der Waals surface area contributed by atoms with Crippen molar-refractivity contribution in [1.82, 2.24) is 4.90 Å². The van der Waals surface area contributed by atoms with Crippen molar-refractivity contribution in [2.75, 3.05) is 23.8 Å². The van der Waals surface area contributed by atoms with Gasteiger partial charge in [-0.15, -0.1) is 0 Å². The van der Waals surface area contributed by atoms with Crippen molar-refractivity contribution in [3.05, 3.63) is 92.5 Å². The minimum Gasteiger partial charge on any atom is -0.481 e. The van der Waals surface area contributed by atoms with E-state index in [0.29, 0.717) is 30.9 Å². The Morgan fingerprint density at radius 1 is 1.00 bits per heavy atom. The average molecular weight is 515 g/mol. The number of hydrazine groups is 1. The molecule has 1 atom stereocenters. The summed E-state index contributed by atoms with van der Waals surface area (Å²) in [6, 6.07) is 13.9. The second-order valence-electron chi connectivity index (χ2n) is 10.4. The molecule has 1 aliphatic heterocycles. The zero-order valence-electron chi connectivity index (χ0n) is 23.0. The van der Waals surface area contributed by atoms with Crippen LogP contribution in [0.4, 0.5) is 11.4 Å². The summed E-state index contributed by atoms with van der Waals surface area (Å²) < 4.78 is 0. The van der Waals surface area contributed by atoms with Crippen LogP contribution in [-0.4, -0.2) is 35.0 Å². The van der Waals surface area contributed by atoms with E-state index >= 15 is 0 Å². The highest BCUT2D eigenvalue weighted by Crippen LogP contribution is 2.37. The highest BCUT2D eigenvalue weighted by atomic mass is 16.4. The Morgan fingerprint density at radius 3 is 2.32 bits per heavy atom. The van der Waals surface area contributed by atoms with Crippen molar-refractivity contribution < 1.29 is 14.7 Å². The van der Waals surface area contributed by atoms with Crippen LogP contribution in [0.5, 0.6) is 0 Å². The molecule has 0 spiro atoms. The predicted molar refractivity (Wildman–Crippen MR) is 152 cm³/mol. The fourth-order valence-electron chi connectivity index (χ4n) is 5.42. The zero-order chi connectivity index (χ0) is 27.7. The maximum Gasteiger partial charge on any atom is 0.304 e. The van der Waals surface area contributed by atoms with E-state index in [1.165, 1.54) is 11.1 Å². The van der Waals surface area contributed by atoms with Crippen LogP contribution in [0.25, 0.3) is 0 Å². The molecule has 3 aromatic carbocycles. The van der Waals surface area contributed by atoms with E-state index in [0.717, 1.165) is 45.5 Å². The first kappa shape index (κ1) is 27.2. The Morgan fingerprint density at radius 2 is 1.68 bits per heavy atom. The molecule has 7 nitrogen and oxygen atoms in total. The fraction of sp³-hybridized carbons (Fsp3) is 0.355. The molecule has 38 heavy (non-hydrogen) atoms. The Kier molecular flexibility index (Phi) is 7.78. The van der Waals surface area contributed by atoms with Crippen LogP contribution in [0.3, 0.4) is 0 Å². The van der Waals surface area contributed by atoms with Crippen molar-refractivity contribution in [3.63, 3.8) is 0 Å². The number of rotatable bonds is 7. The standard InChI is InChI=1S/C31H38N4O3/c1-6-35(33)28-10-9-26(21(5)30(28)32)27(16-29(36)37)23-8-7-22-11-12-34(17-25(22)15-23)31(38)24-13-18(2)20(4)19(3)14-24/h7-10,13-15,27H,6,11-12,16-17,32-33H2,1-5H3,(H,36,37). The molecule has 0 fully saturated rings. The van der Waals surface area contributed by atoms with E-state index in [1.807, 2.05) is 62.9 Å². The minimum atomic E-state index is -0.884. The summed E-state index contributed by atoms with van der Waals surface area (Å²) in [7, 11) is 0. The fourth-order valence-corrected chi connectivity index (χ4v) is 5.42. The lowest BCUT2D eigenvalue weighted by atomic mass is 9.83. The van der Waals surface area contributed by atoms with Crippen molar-refractivity contribution in [2.45, 2.75) is 59.9 Å². The molecule has 3 aromatic rings. The van der Waals surface area contributed by atoms with Crippen LogP contribution < -0.4 is 16.6 Å². The summed E-state index contributed by atoms with van der Waals surface area (Å²) in [5, 5.41) is 11.4. The number of hydrogen-bond donors (Lipinski definition) is 3. The maximum absolute atomic E-state index is 13.4. The summed E-state index contributed by atoms with van der Waals surface area (Å²) in [6.07, 6.45) is 0.696. The van der Waals surface area contributed by atoms with E-state index in [4.69, 9.17) is 11.6 Å². The van der Waals surface area contributed by atoms with Crippen molar-refractivity contribution in [2.24, 2.45) is 5.84 Å². The smallest absolute Gasteiger partial charge is 0.304 e. The summed E-state index contributed by atoms with van der Waals surface area (Å²) in [4.78, 5) is 27.2. The molecule has 200 valence electrons. The summed E-state index contributed by atoms with van der Waals surface area (Å²) in [5.41, 5.74) is 16.7. The molecule has 4 rings (SSSR count). The zero-order valence-corrected chi connectivity index (χ0v) is 23.0. The number of carboxylic acids is 1. The first-order chi connectivity index (χ1) is 18.0. The van der Waals surface area contributed by atoms with Crippen LogP contribution in [0.1, 0.15) is 74.1 Å². The SMILES string of the molecule is CCN(N)c1ccc(C(CC(=O)O)c2ccc3c(c2)CN(C(=O)c2cc(C)c(C)c(C)c2)CC3)c(C)c1N. The van der Waals surface area contributed by atoms with E-state index in [2.05, 4.69) is 19.1 Å². The van der Waals surface area contributed by atoms with Crippen LogP contribution in [0.15, 0.2) is 42.5 Å². The van der Waals surface area contributed by atoms with Gasteiger partial charge in [0.15, 0.2) is 0 Å². The second-order valence-corrected chi connectivity index (χ2v) is 10.4. The number of nitrogens with zero attached hydrogens (tertiary/aromatic N) is 2. The molecule has 0 bridgehead atoms. The molecule has 0 aromatic heterocycles. The predicted octanol–water partition coefficient (Wildman–Crippen LogP) is 5.01. The number of hydrogen-bond acceptors (Lipinski definition) is 5. The molecule has 7 heteroatoms. The molecule has 5 N–H and O–H groups in total. The summed E-state index contributed by atoms with van der Waals surface area (Å²) >= 11 is 0. The third kappa shape index (κ3) is 5.24. The lowest BCUT2D eigenvalue weighted by Gasteiger charge is -2.30. The van der Waals surface area contributed by atoms with Gasteiger partial charge in [-0.25, -0.2) is 5.84 Å². The van der Waals surface area contributed by atoms with Gasteiger partial charge in [0.2, 0.25) is 0 Å². The third-order valence-electron chi connectivity index (χ3n) is 8.04. The first-order valence-corrected chi connectivity index (χ1v) is 13.1. The normalized spacial score (nSPS) is 13.7. The first-order valence-electron chi connectivity index (χ1n) is 13.1. The third-order valence-corrected chi connectivity index (χ3v) is 8.04. The van der Waals surface area contributed by atoms with Gasteiger partial charge in [-0.1, -0.05) is 24.3 Å².